The molecule has 1 aliphatic heterocycles. The molecule has 2 aromatic rings. The number of carbonyl (C=O) groups excluding carboxylic acids is 2. The Kier molecular flexibility index (Phi) is 5.84. The van der Waals surface area contributed by atoms with Crippen molar-refractivity contribution in [2.75, 3.05) is 13.7 Å². The molecule has 2 aromatic carbocycles. The molecule has 144 valence electrons. The second kappa shape index (κ2) is 8.31. The summed E-state index contributed by atoms with van der Waals surface area (Å²) in [5, 5.41) is 0.640. The van der Waals surface area contributed by atoms with Gasteiger partial charge in [-0.2, -0.15) is 0 Å². The number of rotatable bonds is 5. The predicted molar refractivity (Wildman–Crippen MR) is 112 cm³/mol. The number of aliphatic imine (C=N–C) groups is 1. The Morgan fingerprint density at radius 3 is 2.54 bits per heavy atom. The summed E-state index contributed by atoms with van der Waals surface area (Å²) in [5.41, 5.74) is 9.10. The van der Waals surface area contributed by atoms with Crippen LogP contribution in [-0.2, 0) is 9.59 Å². The number of benzene rings is 2. The molecule has 0 spiro atoms. The van der Waals surface area contributed by atoms with Crippen LogP contribution in [0.3, 0.4) is 0 Å². The highest BCUT2D eigenvalue weighted by atomic mass is 32.2. The van der Waals surface area contributed by atoms with Gasteiger partial charge in [-0.25, -0.2) is 4.99 Å². The highest BCUT2D eigenvalue weighted by molar-refractivity contribution is 8.18. The van der Waals surface area contributed by atoms with Gasteiger partial charge in [-0.3, -0.25) is 14.5 Å². The first kappa shape index (κ1) is 19.7. The first-order chi connectivity index (χ1) is 13.3. The molecule has 0 radical (unpaired) electrons. The lowest BCUT2D eigenvalue weighted by Gasteiger charge is -2.08. The van der Waals surface area contributed by atoms with Gasteiger partial charge in [0.25, 0.3) is 11.8 Å². The van der Waals surface area contributed by atoms with Crippen LogP contribution in [0, 0.1) is 13.8 Å². The van der Waals surface area contributed by atoms with Crippen molar-refractivity contribution in [1.29, 1.82) is 0 Å². The first-order valence-electron chi connectivity index (χ1n) is 8.68. The molecule has 6 nitrogen and oxygen atoms in total. The van der Waals surface area contributed by atoms with E-state index in [4.69, 9.17) is 10.5 Å². The zero-order valence-electron chi connectivity index (χ0n) is 15.9. The lowest BCUT2D eigenvalue weighted by atomic mass is 10.1. The molecule has 0 aliphatic carbocycles. The van der Waals surface area contributed by atoms with Crippen LogP contribution in [0.25, 0.3) is 6.08 Å². The van der Waals surface area contributed by atoms with E-state index < -0.39 is 5.91 Å². The van der Waals surface area contributed by atoms with E-state index in [9.17, 15) is 9.59 Å². The van der Waals surface area contributed by atoms with E-state index in [-0.39, 0.29) is 12.5 Å². The molecule has 2 amide bonds. The average molecular weight is 395 g/mol. The third-order valence-electron chi connectivity index (χ3n) is 4.28. The predicted octanol–water partition coefficient (Wildman–Crippen LogP) is 3.40. The molecule has 3 rings (SSSR count). The van der Waals surface area contributed by atoms with Crippen LogP contribution in [-0.4, -0.2) is 35.5 Å². The van der Waals surface area contributed by atoms with E-state index >= 15 is 0 Å². The largest absolute Gasteiger partial charge is 0.484 e. The first-order valence-corrected chi connectivity index (χ1v) is 9.50. The van der Waals surface area contributed by atoms with Crippen LogP contribution in [0.4, 0.5) is 5.69 Å². The zero-order valence-corrected chi connectivity index (χ0v) is 16.7. The average Bonchev–Trinajstić information content (AvgIpc) is 2.92. The van der Waals surface area contributed by atoms with Gasteiger partial charge in [-0.05, 0) is 72.6 Å². The van der Waals surface area contributed by atoms with Crippen LogP contribution in [0.5, 0.6) is 5.75 Å². The number of nitrogens with zero attached hydrogens (tertiary/aromatic N) is 2. The molecule has 0 aromatic heterocycles. The zero-order chi connectivity index (χ0) is 20.3. The number of nitrogens with two attached hydrogens (primary N) is 1. The van der Waals surface area contributed by atoms with Gasteiger partial charge < -0.3 is 10.5 Å². The van der Waals surface area contributed by atoms with Crippen LogP contribution >= 0.6 is 11.8 Å². The Morgan fingerprint density at radius 2 is 1.89 bits per heavy atom. The van der Waals surface area contributed by atoms with Gasteiger partial charge in [0.2, 0.25) is 0 Å². The quantitative estimate of drug-likeness (QED) is 0.787. The maximum absolute atomic E-state index is 12.6. The molecular formula is C21H21N3O3S. The highest BCUT2D eigenvalue weighted by Crippen LogP contribution is 2.33. The van der Waals surface area contributed by atoms with E-state index in [1.807, 2.05) is 43.3 Å². The van der Waals surface area contributed by atoms with Gasteiger partial charge in [0.1, 0.15) is 5.75 Å². The molecule has 2 N–H and O–H groups in total. The van der Waals surface area contributed by atoms with Crippen molar-refractivity contribution in [2.45, 2.75) is 13.8 Å². The molecule has 1 fully saturated rings. The molecule has 1 aliphatic rings. The van der Waals surface area contributed by atoms with Crippen molar-refractivity contribution < 1.29 is 14.3 Å². The third-order valence-corrected chi connectivity index (χ3v) is 5.34. The van der Waals surface area contributed by atoms with Crippen LogP contribution in [0.2, 0.25) is 0 Å². The van der Waals surface area contributed by atoms with Gasteiger partial charge in [0, 0.05) is 7.05 Å². The number of carbonyl (C=O) groups is 2. The standard InChI is InChI=1S/C21H21N3O3S/c1-13-4-7-16(10-14(13)2)23-21-24(3)20(26)18(28-21)11-15-5-8-17(9-6-15)27-12-19(22)25/h4-11H,12H2,1-3H3,(H2,22,25)/b18-11-,23-21?. The van der Waals surface area contributed by atoms with Crippen molar-refractivity contribution in [3.8, 4) is 5.75 Å². The Morgan fingerprint density at radius 1 is 1.18 bits per heavy atom. The Hall–Kier alpha value is -3.06. The third kappa shape index (κ3) is 4.61. The summed E-state index contributed by atoms with van der Waals surface area (Å²) in [6.45, 7) is 3.92. The van der Waals surface area contributed by atoms with Gasteiger partial charge in [-0.1, -0.05) is 18.2 Å². The number of hydrogen-bond donors (Lipinski definition) is 1. The minimum Gasteiger partial charge on any atom is -0.484 e. The summed E-state index contributed by atoms with van der Waals surface area (Å²) < 4.78 is 5.24. The second-order valence-electron chi connectivity index (χ2n) is 6.46. The lowest BCUT2D eigenvalue weighted by molar-refractivity contribution is -0.121. The van der Waals surface area contributed by atoms with Gasteiger partial charge in [-0.15, -0.1) is 0 Å². The SMILES string of the molecule is Cc1ccc(N=C2S/C(=C\c3ccc(OCC(N)=O)cc3)C(=O)N2C)cc1C. The van der Waals surface area contributed by atoms with Crippen molar-refractivity contribution in [3.05, 3.63) is 64.1 Å². The molecule has 0 bridgehead atoms. The summed E-state index contributed by atoms with van der Waals surface area (Å²) in [6, 6.07) is 13.1. The van der Waals surface area contributed by atoms with Crippen molar-refractivity contribution >= 4 is 40.5 Å². The topological polar surface area (TPSA) is 85.0 Å². The molecular weight excluding hydrogens is 374 g/mol. The second-order valence-corrected chi connectivity index (χ2v) is 7.47. The lowest BCUT2D eigenvalue weighted by Crippen LogP contribution is -2.23. The highest BCUT2D eigenvalue weighted by Gasteiger charge is 2.30. The van der Waals surface area contributed by atoms with Gasteiger partial charge in [0.15, 0.2) is 11.8 Å². The Balaban J connectivity index is 1.77. The monoisotopic (exact) mass is 395 g/mol. The minimum atomic E-state index is -0.530. The number of likely N-dealkylation sites (N-methyl/N-ethyl adjacent to an activating group) is 1. The van der Waals surface area contributed by atoms with Gasteiger partial charge >= 0.3 is 0 Å². The number of primary amides is 1. The maximum atomic E-state index is 12.6. The fraction of sp³-hybridized carbons (Fsp3) is 0.190. The summed E-state index contributed by atoms with van der Waals surface area (Å²) in [4.78, 5) is 30.1. The summed E-state index contributed by atoms with van der Waals surface area (Å²) in [6.07, 6.45) is 1.81. The van der Waals surface area contributed by atoms with Crippen LogP contribution in [0.15, 0.2) is 52.4 Å². The molecule has 1 heterocycles. The van der Waals surface area contributed by atoms with Crippen LogP contribution < -0.4 is 10.5 Å². The van der Waals surface area contributed by atoms with E-state index in [2.05, 4.69) is 11.9 Å². The van der Waals surface area contributed by atoms with Gasteiger partial charge in [0.05, 0.1) is 10.6 Å². The smallest absolute Gasteiger partial charge is 0.266 e. The fourth-order valence-corrected chi connectivity index (χ4v) is 3.51. The van der Waals surface area contributed by atoms with Crippen molar-refractivity contribution in [2.24, 2.45) is 10.7 Å². The van der Waals surface area contributed by atoms with Crippen LogP contribution in [0.1, 0.15) is 16.7 Å². The number of thioether (sulfide) groups is 1. The Labute approximate surface area is 168 Å². The van der Waals surface area contributed by atoms with Crippen molar-refractivity contribution in [1.82, 2.24) is 4.90 Å². The number of aryl methyl sites for hydroxylation is 2. The fourth-order valence-electron chi connectivity index (χ4n) is 2.52. The molecule has 0 unspecified atom stereocenters. The minimum absolute atomic E-state index is 0.0957. The number of ether oxygens (including phenoxy) is 1. The molecule has 0 atom stereocenters. The molecule has 7 heteroatoms. The maximum Gasteiger partial charge on any atom is 0.266 e. The Bertz CT molecular complexity index is 981. The number of amidine groups is 1. The normalized spacial score (nSPS) is 16.8. The number of amides is 2. The number of hydrogen-bond acceptors (Lipinski definition) is 5. The van der Waals surface area contributed by atoms with E-state index in [0.717, 1.165) is 16.8 Å². The van der Waals surface area contributed by atoms with E-state index in [1.54, 1.807) is 24.1 Å². The summed E-state index contributed by atoms with van der Waals surface area (Å²) >= 11 is 1.34. The van der Waals surface area contributed by atoms with E-state index in [0.29, 0.717) is 15.8 Å². The summed E-state index contributed by atoms with van der Waals surface area (Å²) in [7, 11) is 1.72. The molecule has 1 saturated heterocycles. The molecule has 0 saturated carbocycles. The van der Waals surface area contributed by atoms with E-state index in [1.165, 1.54) is 17.3 Å². The summed E-state index contributed by atoms with van der Waals surface area (Å²) in [5.74, 6) is -0.0835. The van der Waals surface area contributed by atoms with Crippen molar-refractivity contribution in [3.63, 3.8) is 0 Å². The molecule has 28 heavy (non-hydrogen) atoms.